The number of carbonyl (C=O) groups is 3. The number of benzene rings is 2. The van der Waals surface area contributed by atoms with Gasteiger partial charge in [0.05, 0.1) is 6.54 Å². The van der Waals surface area contributed by atoms with Crippen molar-refractivity contribution in [2.75, 3.05) is 13.2 Å². The van der Waals surface area contributed by atoms with Crippen molar-refractivity contribution < 1.29 is 19.1 Å². The van der Waals surface area contributed by atoms with E-state index in [1.165, 1.54) is 6.92 Å². The van der Waals surface area contributed by atoms with Crippen molar-refractivity contribution >= 4 is 23.2 Å². The number of hydrogen-bond donors (Lipinski definition) is 1. The lowest BCUT2D eigenvalue weighted by Gasteiger charge is -2.24. The highest BCUT2D eigenvalue weighted by molar-refractivity contribution is 6.55. The lowest BCUT2D eigenvalue weighted by Crippen LogP contribution is -2.52. The third-order valence-electron chi connectivity index (χ3n) is 3.94. The maximum atomic E-state index is 12.7. The molecular formula is C20H18N2O4. The third-order valence-corrected chi connectivity index (χ3v) is 3.94. The highest BCUT2D eigenvalue weighted by atomic mass is 16.5. The van der Waals surface area contributed by atoms with Crippen LogP contribution < -0.4 is 10.1 Å². The molecule has 26 heavy (non-hydrogen) atoms. The van der Waals surface area contributed by atoms with Crippen molar-refractivity contribution in [2.24, 2.45) is 4.99 Å². The molecule has 0 spiro atoms. The number of fused-ring (bicyclic) bond motifs is 1. The molecule has 1 aliphatic rings. The van der Waals surface area contributed by atoms with E-state index in [1.807, 2.05) is 30.3 Å². The zero-order chi connectivity index (χ0) is 18.5. The molecule has 0 fully saturated rings. The first-order chi connectivity index (χ1) is 12.6. The molecular weight excluding hydrogens is 332 g/mol. The number of nitrogens with one attached hydrogen (secondary N) is 1. The summed E-state index contributed by atoms with van der Waals surface area (Å²) in [7, 11) is 0. The van der Waals surface area contributed by atoms with E-state index in [4.69, 9.17) is 4.74 Å². The van der Waals surface area contributed by atoms with Gasteiger partial charge < -0.3 is 10.1 Å². The second-order valence-corrected chi connectivity index (χ2v) is 5.80. The molecule has 0 radical (unpaired) electrons. The van der Waals surface area contributed by atoms with Gasteiger partial charge >= 0.3 is 0 Å². The first-order valence-electron chi connectivity index (χ1n) is 8.25. The Balaban J connectivity index is 1.81. The van der Waals surface area contributed by atoms with Crippen molar-refractivity contribution in [3.8, 4) is 5.75 Å². The molecule has 3 rings (SSSR count). The van der Waals surface area contributed by atoms with Crippen LogP contribution in [0.25, 0.3) is 0 Å². The Kier molecular flexibility index (Phi) is 5.22. The molecule has 2 aromatic rings. The number of rotatable bonds is 5. The van der Waals surface area contributed by atoms with Crippen molar-refractivity contribution in [3.63, 3.8) is 0 Å². The topological polar surface area (TPSA) is 84.8 Å². The van der Waals surface area contributed by atoms with E-state index in [9.17, 15) is 14.4 Å². The van der Waals surface area contributed by atoms with Gasteiger partial charge in [-0.1, -0.05) is 42.5 Å². The minimum atomic E-state index is -1.06. The second-order valence-electron chi connectivity index (χ2n) is 5.80. The summed E-state index contributed by atoms with van der Waals surface area (Å²) >= 11 is 0. The van der Waals surface area contributed by atoms with E-state index in [2.05, 4.69) is 10.3 Å². The fraction of sp³-hybridized carbons (Fsp3) is 0.200. The standard InChI is InChI=1S/C20H18N2O4/c1-13(23)22-18-17(21-11-12-26-14-7-3-2-4-8-14)19(24)15-9-5-6-10-16(15)20(18)25/h2-10,18H,11-12H2,1H3,(H,22,23)/t18-/m1/s1. The summed E-state index contributed by atoms with van der Waals surface area (Å²) in [6.07, 6.45) is 0. The summed E-state index contributed by atoms with van der Waals surface area (Å²) in [5.74, 6) is -0.386. The minimum absolute atomic E-state index is 0.0422. The predicted octanol–water partition coefficient (Wildman–Crippen LogP) is 2.09. The fourth-order valence-corrected chi connectivity index (χ4v) is 2.79. The van der Waals surface area contributed by atoms with Crippen LogP contribution in [0.2, 0.25) is 0 Å². The zero-order valence-electron chi connectivity index (χ0n) is 14.3. The molecule has 2 aromatic carbocycles. The fourth-order valence-electron chi connectivity index (χ4n) is 2.79. The van der Waals surface area contributed by atoms with Crippen LogP contribution >= 0.6 is 0 Å². The zero-order valence-corrected chi connectivity index (χ0v) is 14.3. The van der Waals surface area contributed by atoms with Crippen LogP contribution in [0.5, 0.6) is 5.75 Å². The molecule has 1 aliphatic carbocycles. The molecule has 0 aromatic heterocycles. The minimum Gasteiger partial charge on any atom is -0.492 e. The molecule has 0 aliphatic heterocycles. The SMILES string of the molecule is CC(=O)N[C@H]1C(=O)c2ccccc2C(=O)C1=NCCOc1ccccc1. The monoisotopic (exact) mass is 350 g/mol. The Bertz CT molecular complexity index is 874. The van der Waals surface area contributed by atoms with Gasteiger partial charge in [0.2, 0.25) is 11.7 Å². The normalized spacial score (nSPS) is 17.7. The van der Waals surface area contributed by atoms with Crippen molar-refractivity contribution in [3.05, 3.63) is 65.7 Å². The van der Waals surface area contributed by atoms with Crippen molar-refractivity contribution in [1.82, 2.24) is 5.32 Å². The van der Waals surface area contributed by atoms with Crippen LogP contribution in [0.4, 0.5) is 0 Å². The first-order valence-corrected chi connectivity index (χ1v) is 8.25. The first kappa shape index (κ1) is 17.5. The molecule has 0 heterocycles. The summed E-state index contributed by atoms with van der Waals surface area (Å²) in [6, 6.07) is 14.7. The molecule has 0 saturated heterocycles. The number of ether oxygens (including phenoxy) is 1. The number of para-hydroxylation sites is 1. The van der Waals surface area contributed by atoms with E-state index in [0.29, 0.717) is 16.9 Å². The van der Waals surface area contributed by atoms with Gasteiger partial charge in [0.15, 0.2) is 5.78 Å². The molecule has 0 saturated carbocycles. The maximum absolute atomic E-state index is 12.7. The molecule has 6 heteroatoms. The second kappa shape index (κ2) is 7.74. The van der Waals surface area contributed by atoms with Crippen molar-refractivity contribution in [2.45, 2.75) is 13.0 Å². The lowest BCUT2D eigenvalue weighted by atomic mass is 9.84. The van der Waals surface area contributed by atoms with Gasteiger partial charge in [-0.3, -0.25) is 19.4 Å². The van der Waals surface area contributed by atoms with Crippen molar-refractivity contribution in [1.29, 1.82) is 0 Å². The van der Waals surface area contributed by atoms with E-state index in [-0.39, 0.29) is 30.4 Å². The Morgan fingerprint density at radius 2 is 1.69 bits per heavy atom. The number of aliphatic imine (C=N–C) groups is 1. The third kappa shape index (κ3) is 3.69. The Labute approximate surface area is 150 Å². The average Bonchev–Trinajstić information content (AvgIpc) is 2.65. The Hall–Kier alpha value is -3.28. The summed E-state index contributed by atoms with van der Waals surface area (Å²) in [5, 5.41) is 2.53. The number of Topliss-reactive ketones (excluding diaryl/α,β-unsaturated/α-hetero) is 2. The van der Waals surface area contributed by atoms with Crippen LogP contribution in [0.1, 0.15) is 27.6 Å². The molecule has 1 amide bonds. The molecule has 1 N–H and O–H groups in total. The largest absolute Gasteiger partial charge is 0.492 e. The summed E-state index contributed by atoms with van der Waals surface area (Å²) in [5.41, 5.74) is 0.651. The van der Waals surface area contributed by atoms with Crippen LogP contribution in [0.3, 0.4) is 0 Å². The van der Waals surface area contributed by atoms with Gasteiger partial charge in [0.25, 0.3) is 0 Å². The quantitative estimate of drug-likeness (QED) is 0.837. The lowest BCUT2D eigenvalue weighted by molar-refractivity contribution is -0.119. The van der Waals surface area contributed by atoms with Gasteiger partial charge in [-0.25, -0.2) is 0 Å². The van der Waals surface area contributed by atoms with E-state index in [1.54, 1.807) is 24.3 Å². The van der Waals surface area contributed by atoms with Gasteiger partial charge in [0, 0.05) is 18.1 Å². The molecule has 6 nitrogen and oxygen atoms in total. The average molecular weight is 350 g/mol. The number of nitrogens with zero attached hydrogens (tertiary/aromatic N) is 1. The smallest absolute Gasteiger partial charge is 0.217 e. The predicted molar refractivity (Wildman–Crippen MR) is 96.9 cm³/mol. The number of hydrogen-bond acceptors (Lipinski definition) is 5. The summed E-state index contributed by atoms with van der Waals surface area (Å²) in [6.45, 7) is 1.75. The van der Waals surface area contributed by atoms with Gasteiger partial charge in [-0.15, -0.1) is 0 Å². The van der Waals surface area contributed by atoms with E-state index < -0.39 is 11.9 Å². The highest BCUT2D eigenvalue weighted by Crippen LogP contribution is 2.20. The Morgan fingerprint density at radius 3 is 2.38 bits per heavy atom. The summed E-state index contributed by atoms with van der Waals surface area (Å²) in [4.78, 5) is 41.2. The van der Waals surface area contributed by atoms with Crippen LogP contribution in [0, 0.1) is 0 Å². The number of ketones is 2. The molecule has 132 valence electrons. The maximum Gasteiger partial charge on any atom is 0.217 e. The summed E-state index contributed by atoms with van der Waals surface area (Å²) < 4.78 is 5.55. The molecule has 1 atom stereocenters. The highest BCUT2D eigenvalue weighted by Gasteiger charge is 2.38. The number of amides is 1. The van der Waals surface area contributed by atoms with Crippen LogP contribution in [0.15, 0.2) is 59.6 Å². The van der Waals surface area contributed by atoms with E-state index >= 15 is 0 Å². The van der Waals surface area contributed by atoms with Gasteiger partial charge in [0.1, 0.15) is 24.1 Å². The molecule has 0 unspecified atom stereocenters. The molecule has 0 bridgehead atoms. The van der Waals surface area contributed by atoms with Gasteiger partial charge in [-0.05, 0) is 12.1 Å². The van der Waals surface area contributed by atoms with Crippen LogP contribution in [-0.4, -0.2) is 42.4 Å². The van der Waals surface area contributed by atoms with Crippen LogP contribution in [-0.2, 0) is 4.79 Å². The van der Waals surface area contributed by atoms with Gasteiger partial charge in [-0.2, -0.15) is 0 Å². The van der Waals surface area contributed by atoms with E-state index in [0.717, 1.165) is 0 Å². The Morgan fingerprint density at radius 1 is 1.04 bits per heavy atom. The number of carbonyl (C=O) groups excluding carboxylic acids is 3.